The minimum absolute atomic E-state index is 0.621. The third-order valence-electron chi connectivity index (χ3n) is 4.97. The molecular formula is C16H28N2. The first-order valence-corrected chi connectivity index (χ1v) is 7.48. The van der Waals surface area contributed by atoms with E-state index in [9.17, 15) is 0 Å². The fraction of sp³-hybridized carbons (Fsp3) is 0.750. The zero-order chi connectivity index (χ0) is 13.2. The Morgan fingerprint density at radius 2 is 2.00 bits per heavy atom. The number of rotatable bonds is 6. The van der Waals surface area contributed by atoms with Crippen LogP contribution in [0.3, 0.4) is 0 Å². The van der Waals surface area contributed by atoms with E-state index in [1.165, 1.54) is 49.2 Å². The van der Waals surface area contributed by atoms with E-state index in [0.717, 1.165) is 13.1 Å². The smallest absolute Gasteiger partial charge is 0.0223 e. The van der Waals surface area contributed by atoms with Crippen molar-refractivity contribution < 1.29 is 0 Å². The number of aryl methyl sites for hydroxylation is 1. The number of nitrogens with one attached hydrogen (secondary N) is 1. The van der Waals surface area contributed by atoms with Crippen molar-refractivity contribution in [1.29, 1.82) is 0 Å². The lowest BCUT2D eigenvalue weighted by Gasteiger charge is -2.41. The third-order valence-corrected chi connectivity index (χ3v) is 4.97. The Bertz CT molecular complexity index is 394. The predicted octanol–water partition coefficient (Wildman–Crippen LogP) is 3.79. The Labute approximate surface area is 112 Å². The van der Waals surface area contributed by atoms with Crippen LogP contribution in [0, 0.1) is 19.3 Å². The van der Waals surface area contributed by atoms with Gasteiger partial charge in [-0.05, 0) is 57.1 Å². The van der Waals surface area contributed by atoms with Crippen molar-refractivity contribution in [1.82, 2.24) is 9.88 Å². The first-order valence-electron chi connectivity index (χ1n) is 7.48. The second kappa shape index (κ2) is 5.48. The highest BCUT2D eigenvalue weighted by atomic mass is 15.0. The average Bonchev–Trinajstić information content (AvgIpc) is 2.57. The van der Waals surface area contributed by atoms with Gasteiger partial charge in [-0.3, -0.25) is 0 Å². The maximum atomic E-state index is 3.69. The SMILES string of the molecule is CCn1c(C)cc(CNCC2(CC)CCC2)c1C. The minimum atomic E-state index is 0.621. The van der Waals surface area contributed by atoms with Crippen molar-refractivity contribution in [2.75, 3.05) is 6.54 Å². The molecule has 0 saturated heterocycles. The summed E-state index contributed by atoms with van der Waals surface area (Å²) in [5.41, 5.74) is 4.92. The van der Waals surface area contributed by atoms with E-state index >= 15 is 0 Å². The molecule has 1 heterocycles. The number of hydrogen-bond acceptors (Lipinski definition) is 1. The van der Waals surface area contributed by atoms with Crippen LogP contribution in [0.2, 0.25) is 0 Å². The monoisotopic (exact) mass is 248 g/mol. The molecule has 2 nitrogen and oxygen atoms in total. The van der Waals surface area contributed by atoms with Crippen LogP contribution < -0.4 is 5.32 Å². The van der Waals surface area contributed by atoms with Crippen LogP contribution >= 0.6 is 0 Å². The molecule has 1 aromatic rings. The van der Waals surface area contributed by atoms with Crippen LogP contribution in [0.5, 0.6) is 0 Å². The molecular weight excluding hydrogens is 220 g/mol. The molecule has 0 aromatic carbocycles. The van der Waals surface area contributed by atoms with Crippen molar-refractivity contribution >= 4 is 0 Å². The van der Waals surface area contributed by atoms with E-state index in [1.54, 1.807) is 0 Å². The van der Waals surface area contributed by atoms with E-state index in [4.69, 9.17) is 0 Å². The summed E-state index contributed by atoms with van der Waals surface area (Å²) in [4.78, 5) is 0. The van der Waals surface area contributed by atoms with Crippen molar-refractivity contribution in [3.8, 4) is 0 Å². The van der Waals surface area contributed by atoms with Crippen LogP contribution in [-0.4, -0.2) is 11.1 Å². The average molecular weight is 248 g/mol. The maximum Gasteiger partial charge on any atom is 0.0223 e. The predicted molar refractivity (Wildman–Crippen MR) is 77.9 cm³/mol. The quantitative estimate of drug-likeness (QED) is 0.810. The summed E-state index contributed by atoms with van der Waals surface area (Å²) in [5, 5.41) is 3.69. The standard InChI is InChI=1S/C16H28N2/c1-5-16(8-7-9-16)12-17-11-15-10-13(3)18(6-2)14(15)4/h10,17H,5-9,11-12H2,1-4H3. The van der Waals surface area contributed by atoms with E-state index in [1.807, 2.05) is 0 Å². The molecule has 102 valence electrons. The molecule has 1 saturated carbocycles. The molecule has 1 aromatic heterocycles. The van der Waals surface area contributed by atoms with Gasteiger partial charge < -0.3 is 9.88 Å². The summed E-state index contributed by atoms with van der Waals surface area (Å²) in [6.45, 7) is 12.3. The van der Waals surface area contributed by atoms with Crippen molar-refractivity contribution in [3.63, 3.8) is 0 Å². The molecule has 2 rings (SSSR count). The van der Waals surface area contributed by atoms with Crippen molar-refractivity contribution in [2.24, 2.45) is 5.41 Å². The van der Waals surface area contributed by atoms with E-state index in [2.05, 4.69) is 43.6 Å². The van der Waals surface area contributed by atoms with Gasteiger partial charge in [0, 0.05) is 31.0 Å². The summed E-state index contributed by atoms with van der Waals surface area (Å²) in [7, 11) is 0. The second-order valence-corrected chi connectivity index (χ2v) is 5.95. The van der Waals surface area contributed by atoms with Gasteiger partial charge in [-0.15, -0.1) is 0 Å². The van der Waals surface area contributed by atoms with Gasteiger partial charge in [0.1, 0.15) is 0 Å². The highest BCUT2D eigenvalue weighted by molar-refractivity contribution is 5.26. The summed E-state index contributed by atoms with van der Waals surface area (Å²) in [6.07, 6.45) is 5.60. The molecule has 0 amide bonds. The van der Waals surface area contributed by atoms with Gasteiger partial charge in [0.05, 0.1) is 0 Å². The van der Waals surface area contributed by atoms with Crippen LogP contribution in [-0.2, 0) is 13.1 Å². The van der Waals surface area contributed by atoms with Crippen LogP contribution in [0.15, 0.2) is 6.07 Å². The Balaban J connectivity index is 1.90. The fourth-order valence-electron chi connectivity index (χ4n) is 3.33. The third kappa shape index (κ3) is 2.49. The minimum Gasteiger partial charge on any atom is -0.349 e. The summed E-state index contributed by atoms with van der Waals surface area (Å²) in [5.74, 6) is 0. The molecule has 18 heavy (non-hydrogen) atoms. The molecule has 2 heteroatoms. The second-order valence-electron chi connectivity index (χ2n) is 5.95. The summed E-state index contributed by atoms with van der Waals surface area (Å²) in [6, 6.07) is 2.34. The van der Waals surface area contributed by atoms with E-state index < -0.39 is 0 Å². The fourth-order valence-corrected chi connectivity index (χ4v) is 3.33. The summed E-state index contributed by atoms with van der Waals surface area (Å²) >= 11 is 0. The molecule has 1 fully saturated rings. The Hall–Kier alpha value is -0.760. The number of nitrogens with zero attached hydrogens (tertiary/aromatic N) is 1. The first-order chi connectivity index (χ1) is 8.62. The van der Waals surface area contributed by atoms with Crippen LogP contribution in [0.25, 0.3) is 0 Å². The molecule has 0 radical (unpaired) electrons. The highest BCUT2D eigenvalue weighted by Crippen LogP contribution is 2.43. The zero-order valence-electron chi connectivity index (χ0n) is 12.5. The Morgan fingerprint density at radius 1 is 1.28 bits per heavy atom. The highest BCUT2D eigenvalue weighted by Gasteiger charge is 2.34. The van der Waals surface area contributed by atoms with Gasteiger partial charge in [0.15, 0.2) is 0 Å². The van der Waals surface area contributed by atoms with Gasteiger partial charge in [-0.25, -0.2) is 0 Å². The Morgan fingerprint density at radius 3 is 2.44 bits per heavy atom. The zero-order valence-corrected chi connectivity index (χ0v) is 12.5. The summed E-state index contributed by atoms with van der Waals surface area (Å²) < 4.78 is 2.40. The van der Waals surface area contributed by atoms with Crippen LogP contribution in [0.1, 0.15) is 56.5 Å². The molecule has 1 N–H and O–H groups in total. The topological polar surface area (TPSA) is 17.0 Å². The lowest BCUT2D eigenvalue weighted by atomic mass is 9.67. The number of aromatic nitrogens is 1. The lowest BCUT2D eigenvalue weighted by molar-refractivity contribution is 0.124. The molecule has 0 aliphatic heterocycles. The molecule has 0 atom stereocenters. The van der Waals surface area contributed by atoms with Gasteiger partial charge in [0.25, 0.3) is 0 Å². The van der Waals surface area contributed by atoms with Crippen molar-refractivity contribution in [2.45, 2.75) is 66.5 Å². The number of hydrogen-bond donors (Lipinski definition) is 1. The van der Waals surface area contributed by atoms with Gasteiger partial charge in [-0.1, -0.05) is 13.3 Å². The van der Waals surface area contributed by atoms with E-state index in [-0.39, 0.29) is 0 Å². The lowest BCUT2D eigenvalue weighted by Crippen LogP contribution is -2.39. The van der Waals surface area contributed by atoms with Crippen molar-refractivity contribution in [3.05, 3.63) is 23.0 Å². The van der Waals surface area contributed by atoms with Crippen LogP contribution in [0.4, 0.5) is 0 Å². The van der Waals surface area contributed by atoms with Gasteiger partial charge >= 0.3 is 0 Å². The molecule has 1 aliphatic carbocycles. The largest absolute Gasteiger partial charge is 0.349 e. The van der Waals surface area contributed by atoms with Gasteiger partial charge in [-0.2, -0.15) is 0 Å². The first kappa shape index (κ1) is 13.7. The molecule has 0 bridgehead atoms. The molecule has 0 unspecified atom stereocenters. The maximum absolute atomic E-state index is 3.69. The van der Waals surface area contributed by atoms with E-state index in [0.29, 0.717) is 5.41 Å². The Kier molecular flexibility index (Phi) is 4.16. The normalized spacial score (nSPS) is 17.8. The molecule has 0 spiro atoms. The van der Waals surface area contributed by atoms with Gasteiger partial charge in [0.2, 0.25) is 0 Å². The molecule has 1 aliphatic rings.